The molecule has 0 radical (unpaired) electrons. The maximum Gasteiger partial charge on any atom is 0.231 e. The average Bonchev–Trinajstić information content (AvgIpc) is 2.97. The molecule has 3 aromatic rings. The fourth-order valence-corrected chi connectivity index (χ4v) is 5.76. The minimum atomic E-state index is -0.116. The van der Waals surface area contributed by atoms with Gasteiger partial charge in [0.25, 0.3) is 0 Å². The van der Waals surface area contributed by atoms with Crippen LogP contribution in [0.5, 0.6) is 5.75 Å². The maximum absolute atomic E-state index is 10.3. The van der Waals surface area contributed by atoms with Crippen LogP contribution < -0.4 is 9.80 Å². The molecule has 2 fully saturated rings. The summed E-state index contributed by atoms with van der Waals surface area (Å²) >= 11 is 0. The molecule has 2 N–H and O–H groups in total. The van der Waals surface area contributed by atoms with Gasteiger partial charge in [-0.1, -0.05) is 36.4 Å². The van der Waals surface area contributed by atoms with Crippen molar-refractivity contribution in [2.45, 2.75) is 37.9 Å². The standard InChI is InChI=1S/C28H34N6O3/c35-19-24-16-20-4-1-2-5-22(20)18-34(24)28-30-26(21-6-3-7-25(36)17-21)29-27(31-28)33-10-8-23(9-11-33)32-12-14-37-15-13-32/h1-7,17,23-24,35-36H,8-16,18-19H2/t24-/m1/s1. The van der Waals surface area contributed by atoms with E-state index < -0.39 is 0 Å². The lowest BCUT2D eigenvalue weighted by Gasteiger charge is -2.40. The lowest BCUT2D eigenvalue weighted by atomic mass is 9.94. The van der Waals surface area contributed by atoms with Crippen LogP contribution in [0.2, 0.25) is 0 Å². The predicted octanol–water partition coefficient (Wildman–Crippen LogP) is 2.47. The van der Waals surface area contributed by atoms with E-state index >= 15 is 0 Å². The Hall–Kier alpha value is -3.27. The summed E-state index contributed by atoms with van der Waals surface area (Å²) in [7, 11) is 0. The van der Waals surface area contributed by atoms with Crippen molar-refractivity contribution in [3.63, 3.8) is 0 Å². The Bertz CT molecular complexity index is 1230. The van der Waals surface area contributed by atoms with E-state index in [2.05, 4.69) is 26.8 Å². The molecule has 0 unspecified atom stereocenters. The van der Waals surface area contributed by atoms with Crippen molar-refractivity contribution in [1.29, 1.82) is 0 Å². The van der Waals surface area contributed by atoms with Gasteiger partial charge in [-0.25, -0.2) is 0 Å². The first kappa shape index (κ1) is 24.1. The Balaban J connectivity index is 1.32. The SMILES string of the molecule is OC[C@H]1Cc2ccccc2CN1c1nc(-c2cccc(O)c2)nc(N2CCC(N3CCOCC3)CC2)n1. The molecule has 4 heterocycles. The van der Waals surface area contributed by atoms with E-state index in [1.54, 1.807) is 18.2 Å². The number of aromatic nitrogens is 3. The molecule has 9 heteroatoms. The van der Waals surface area contributed by atoms with Crippen molar-refractivity contribution in [2.24, 2.45) is 0 Å². The molecule has 1 aromatic heterocycles. The van der Waals surface area contributed by atoms with Gasteiger partial charge in [0.2, 0.25) is 11.9 Å². The van der Waals surface area contributed by atoms with E-state index in [4.69, 9.17) is 19.7 Å². The zero-order valence-corrected chi connectivity index (χ0v) is 21.0. The molecule has 37 heavy (non-hydrogen) atoms. The molecule has 2 aromatic carbocycles. The molecular formula is C28H34N6O3. The number of benzene rings is 2. The van der Waals surface area contributed by atoms with E-state index in [0.717, 1.165) is 64.2 Å². The molecule has 0 aliphatic carbocycles. The van der Waals surface area contributed by atoms with Gasteiger partial charge in [0.05, 0.1) is 25.9 Å². The highest BCUT2D eigenvalue weighted by molar-refractivity contribution is 5.61. The normalized spacial score (nSPS) is 21.2. The van der Waals surface area contributed by atoms with Gasteiger partial charge in [-0.3, -0.25) is 4.90 Å². The maximum atomic E-state index is 10.3. The Kier molecular flexibility index (Phi) is 6.91. The fraction of sp³-hybridized carbons (Fsp3) is 0.464. The highest BCUT2D eigenvalue weighted by Crippen LogP contribution is 2.31. The number of aliphatic hydroxyl groups excluding tert-OH is 1. The predicted molar refractivity (Wildman–Crippen MR) is 142 cm³/mol. The van der Waals surface area contributed by atoms with E-state index in [1.165, 1.54) is 11.1 Å². The first-order valence-corrected chi connectivity index (χ1v) is 13.2. The summed E-state index contributed by atoms with van der Waals surface area (Å²) in [5, 5.41) is 20.4. The lowest BCUT2D eigenvalue weighted by molar-refractivity contribution is 0.0114. The van der Waals surface area contributed by atoms with Gasteiger partial charge in [0.15, 0.2) is 5.82 Å². The summed E-state index contributed by atoms with van der Waals surface area (Å²) in [4.78, 5) is 21.6. The van der Waals surface area contributed by atoms with Crippen LogP contribution in [0.3, 0.4) is 0 Å². The summed E-state index contributed by atoms with van der Waals surface area (Å²) in [6.45, 7) is 6.02. The van der Waals surface area contributed by atoms with Crippen LogP contribution in [0.1, 0.15) is 24.0 Å². The van der Waals surface area contributed by atoms with Gasteiger partial charge in [-0.05, 0) is 42.5 Å². The molecule has 3 aliphatic heterocycles. The van der Waals surface area contributed by atoms with Gasteiger partial charge >= 0.3 is 0 Å². The quantitative estimate of drug-likeness (QED) is 0.545. The molecule has 0 saturated carbocycles. The van der Waals surface area contributed by atoms with Crippen molar-refractivity contribution in [2.75, 3.05) is 55.8 Å². The van der Waals surface area contributed by atoms with E-state index in [1.807, 2.05) is 18.2 Å². The van der Waals surface area contributed by atoms with Crippen LogP contribution in [0, 0.1) is 0 Å². The molecule has 6 rings (SSSR count). The number of piperidine rings is 1. The van der Waals surface area contributed by atoms with Crippen molar-refractivity contribution in [1.82, 2.24) is 19.9 Å². The number of anilines is 2. The third-order valence-electron chi connectivity index (χ3n) is 7.85. The Morgan fingerprint density at radius 2 is 1.62 bits per heavy atom. The molecule has 2 saturated heterocycles. The molecule has 1 atom stereocenters. The highest BCUT2D eigenvalue weighted by Gasteiger charge is 2.31. The number of phenolic OH excluding ortho intramolecular Hbond substituents is 1. The van der Waals surface area contributed by atoms with E-state index in [0.29, 0.717) is 30.3 Å². The second kappa shape index (κ2) is 10.6. The zero-order chi connectivity index (χ0) is 25.2. The summed E-state index contributed by atoms with van der Waals surface area (Å²) < 4.78 is 5.54. The van der Waals surface area contributed by atoms with Gasteiger partial charge in [0.1, 0.15) is 5.75 Å². The Morgan fingerprint density at radius 3 is 2.38 bits per heavy atom. The van der Waals surface area contributed by atoms with Gasteiger partial charge in [-0.2, -0.15) is 15.0 Å². The summed E-state index contributed by atoms with van der Waals surface area (Å²) in [5.74, 6) is 1.92. The van der Waals surface area contributed by atoms with Crippen molar-refractivity contribution in [3.8, 4) is 17.1 Å². The number of nitrogens with zero attached hydrogens (tertiary/aromatic N) is 6. The zero-order valence-electron chi connectivity index (χ0n) is 21.0. The van der Waals surface area contributed by atoms with Gasteiger partial charge in [0, 0.05) is 44.3 Å². The Labute approximate surface area is 217 Å². The first-order valence-electron chi connectivity index (χ1n) is 13.2. The lowest BCUT2D eigenvalue weighted by Crippen LogP contribution is -2.49. The monoisotopic (exact) mass is 502 g/mol. The highest BCUT2D eigenvalue weighted by atomic mass is 16.5. The molecule has 0 spiro atoms. The fourth-order valence-electron chi connectivity index (χ4n) is 5.76. The van der Waals surface area contributed by atoms with Crippen LogP contribution in [0.4, 0.5) is 11.9 Å². The van der Waals surface area contributed by atoms with E-state index in [9.17, 15) is 10.2 Å². The number of fused-ring (bicyclic) bond motifs is 1. The van der Waals surface area contributed by atoms with Gasteiger partial charge < -0.3 is 24.7 Å². The molecule has 9 nitrogen and oxygen atoms in total. The number of morpholine rings is 1. The smallest absolute Gasteiger partial charge is 0.231 e. The second-order valence-corrected chi connectivity index (χ2v) is 10.1. The third kappa shape index (κ3) is 5.12. The van der Waals surface area contributed by atoms with Gasteiger partial charge in [-0.15, -0.1) is 0 Å². The van der Waals surface area contributed by atoms with Crippen molar-refractivity contribution < 1.29 is 14.9 Å². The number of hydrogen-bond acceptors (Lipinski definition) is 9. The Morgan fingerprint density at radius 1 is 0.865 bits per heavy atom. The minimum absolute atomic E-state index is 0.0156. The minimum Gasteiger partial charge on any atom is -0.508 e. The number of aromatic hydroxyl groups is 1. The molecule has 3 aliphatic rings. The average molecular weight is 503 g/mol. The summed E-state index contributed by atoms with van der Waals surface area (Å²) in [6.07, 6.45) is 2.84. The molecule has 0 amide bonds. The first-order chi connectivity index (χ1) is 18.2. The summed E-state index contributed by atoms with van der Waals surface area (Å²) in [5.41, 5.74) is 3.22. The van der Waals surface area contributed by atoms with E-state index in [-0.39, 0.29) is 18.4 Å². The number of ether oxygens (including phenoxy) is 1. The second-order valence-electron chi connectivity index (χ2n) is 10.1. The number of aliphatic hydroxyl groups is 1. The van der Waals surface area contributed by atoms with Crippen molar-refractivity contribution in [3.05, 3.63) is 59.7 Å². The number of hydrogen-bond donors (Lipinski definition) is 2. The topological polar surface area (TPSA) is 98.1 Å². The summed E-state index contributed by atoms with van der Waals surface area (Å²) in [6, 6.07) is 15.8. The molecule has 0 bridgehead atoms. The molecule has 194 valence electrons. The van der Waals surface area contributed by atoms with Crippen LogP contribution in [0.25, 0.3) is 11.4 Å². The van der Waals surface area contributed by atoms with Crippen LogP contribution >= 0.6 is 0 Å². The van der Waals surface area contributed by atoms with Crippen LogP contribution in [-0.2, 0) is 17.7 Å². The third-order valence-corrected chi connectivity index (χ3v) is 7.85. The number of phenols is 1. The number of rotatable bonds is 5. The van der Waals surface area contributed by atoms with Crippen molar-refractivity contribution >= 4 is 11.9 Å². The molecular weight excluding hydrogens is 468 g/mol. The van der Waals surface area contributed by atoms with Crippen LogP contribution in [0.15, 0.2) is 48.5 Å². The largest absolute Gasteiger partial charge is 0.508 e. The van der Waals surface area contributed by atoms with Crippen LogP contribution in [-0.4, -0.2) is 88.1 Å².